The number of hydrogen-bond donors (Lipinski definition) is 1. The summed E-state index contributed by atoms with van der Waals surface area (Å²) in [6.45, 7) is 1.65. The Morgan fingerprint density at radius 1 is 1.08 bits per heavy atom. The molecule has 26 heavy (non-hydrogen) atoms. The van der Waals surface area contributed by atoms with Gasteiger partial charge in [0, 0.05) is 9.79 Å². The lowest BCUT2D eigenvalue weighted by atomic mass is 9.94. The molecular formula is C19H17NO5S. The molecule has 1 heterocycles. The van der Waals surface area contributed by atoms with Gasteiger partial charge in [0.25, 0.3) is 5.78 Å². The number of carbonyl (C=O) groups excluding carboxylic acids is 3. The van der Waals surface area contributed by atoms with E-state index in [0.717, 1.165) is 21.2 Å². The summed E-state index contributed by atoms with van der Waals surface area (Å²) in [7, 11) is 1.18. The fraction of sp³-hybridized carbons (Fsp3) is 0.211. The number of fused-ring (bicyclic) bond motifs is 2. The highest BCUT2D eigenvalue weighted by atomic mass is 32.2. The molecule has 1 aliphatic rings. The van der Waals surface area contributed by atoms with E-state index in [4.69, 9.17) is 9.47 Å². The molecule has 134 valence electrons. The van der Waals surface area contributed by atoms with Gasteiger partial charge in [0.1, 0.15) is 0 Å². The number of carbonyl (C=O) groups is 3. The molecule has 1 atom stereocenters. The van der Waals surface area contributed by atoms with Gasteiger partial charge in [0.05, 0.1) is 25.1 Å². The Hall–Kier alpha value is -2.80. The smallest absolute Gasteiger partial charge is 0.375 e. The Morgan fingerprint density at radius 2 is 1.81 bits per heavy atom. The Balaban J connectivity index is 1.95. The normalized spacial score (nSPS) is 12.8. The quantitative estimate of drug-likeness (QED) is 0.419. The minimum atomic E-state index is -1.35. The van der Waals surface area contributed by atoms with Crippen molar-refractivity contribution < 1.29 is 23.9 Å². The second-order valence-electron chi connectivity index (χ2n) is 5.52. The maximum atomic E-state index is 12.4. The lowest BCUT2D eigenvalue weighted by Gasteiger charge is -2.22. The predicted molar refractivity (Wildman–Crippen MR) is 96.7 cm³/mol. The average Bonchev–Trinajstić information content (AvgIpc) is 2.66. The summed E-state index contributed by atoms with van der Waals surface area (Å²) in [6, 6.07) is 13.0. The zero-order valence-electron chi connectivity index (χ0n) is 14.3. The first-order valence-corrected chi connectivity index (χ1v) is 8.83. The molecule has 3 rings (SSSR count). The van der Waals surface area contributed by atoms with Gasteiger partial charge in [-0.2, -0.15) is 0 Å². The number of anilines is 2. The lowest BCUT2D eigenvalue weighted by molar-refractivity contribution is -0.158. The third-order valence-electron chi connectivity index (χ3n) is 3.89. The van der Waals surface area contributed by atoms with Crippen molar-refractivity contribution in [2.24, 2.45) is 0 Å². The molecule has 7 heteroatoms. The number of hydrogen-bond acceptors (Lipinski definition) is 7. The molecule has 1 unspecified atom stereocenters. The van der Waals surface area contributed by atoms with Crippen molar-refractivity contribution >= 4 is 40.9 Å². The summed E-state index contributed by atoms with van der Waals surface area (Å²) in [5.74, 6) is -4.12. The second-order valence-corrected chi connectivity index (χ2v) is 6.60. The van der Waals surface area contributed by atoms with E-state index in [0.29, 0.717) is 5.56 Å². The van der Waals surface area contributed by atoms with Gasteiger partial charge in [-0.25, -0.2) is 4.79 Å². The SMILES string of the molecule is CCOC(=O)C(=O)C(C(=O)OC)c1ccc2c(c1)Sc1ccccc1N2. The van der Waals surface area contributed by atoms with Crippen molar-refractivity contribution in [3.8, 4) is 0 Å². The van der Waals surface area contributed by atoms with E-state index in [-0.39, 0.29) is 6.61 Å². The molecule has 1 N–H and O–H groups in total. The Morgan fingerprint density at radius 3 is 2.54 bits per heavy atom. The molecule has 0 spiro atoms. The van der Waals surface area contributed by atoms with Crippen molar-refractivity contribution in [3.63, 3.8) is 0 Å². The summed E-state index contributed by atoms with van der Waals surface area (Å²) in [5, 5.41) is 3.31. The van der Waals surface area contributed by atoms with Crippen molar-refractivity contribution in [2.75, 3.05) is 19.0 Å². The Labute approximate surface area is 154 Å². The van der Waals surface area contributed by atoms with E-state index >= 15 is 0 Å². The molecule has 0 aromatic heterocycles. The number of rotatable bonds is 5. The van der Waals surface area contributed by atoms with E-state index in [9.17, 15) is 14.4 Å². The van der Waals surface area contributed by atoms with Gasteiger partial charge >= 0.3 is 11.9 Å². The van der Waals surface area contributed by atoms with Crippen LogP contribution in [0, 0.1) is 0 Å². The first kappa shape index (κ1) is 18.0. The van der Waals surface area contributed by atoms with Crippen LogP contribution in [0.2, 0.25) is 0 Å². The third kappa shape index (κ3) is 3.43. The Bertz CT molecular complexity index is 880. The van der Waals surface area contributed by atoms with Crippen LogP contribution in [0.15, 0.2) is 52.3 Å². The van der Waals surface area contributed by atoms with Crippen LogP contribution in [0.4, 0.5) is 11.4 Å². The average molecular weight is 371 g/mol. The van der Waals surface area contributed by atoms with E-state index in [1.54, 1.807) is 25.1 Å². The lowest BCUT2D eigenvalue weighted by Crippen LogP contribution is -2.30. The zero-order chi connectivity index (χ0) is 18.7. The maximum absolute atomic E-state index is 12.4. The minimum absolute atomic E-state index is 0.0548. The number of nitrogens with one attached hydrogen (secondary N) is 1. The van der Waals surface area contributed by atoms with Crippen molar-refractivity contribution in [1.82, 2.24) is 0 Å². The van der Waals surface area contributed by atoms with Crippen molar-refractivity contribution in [3.05, 3.63) is 48.0 Å². The number of Topliss-reactive ketones (excluding diaryl/α,β-unsaturated/α-hetero) is 1. The first-order chi connectivity index (χ1) is 12.5. The van der Waals surface area contributed by atoms with Gasteiger partial charge in [-0.3, -0.25) is 9.59 Å². The first-order valence-electron chi connectivity index (χ1n) is 8.01. The number of methoxy groups -OCH3 is 1. The predicted octanol–water partition coefficient (Wildman–Crippen LogP) is 3.28. The molecule has 0 saturated heterocycles. The summed E-state index contributed by atoms with van der Waals surface area (Å²) < 4.78 is 9.47. The summed E-state index contributed by atoms with van der Waals surface area (Å²) >= 11 is 1.52. The molecule has 0 radical (unpaired) electrons. The van der Waals surface area contributed by atoms with E-state index in [1.807, 2.05) is 24.3 Å². The minimum Gasteiger partial charge on any atom is -0.468 e. The molecule has 1 aliphatic heterocycles. The second kappa shape index (κ2) is 7.61. The highest BCUT2D eigenvalue weighted by molar-refractivity contribution is 7.99. The maximum Gasteiger partial charge on any atom is 0.375 e. The monoisotopic (exact) mass is 371 g/mol. The topological polar surface area (TPSA) is 81.7 Å². The third-order valence-corrected chi connectivity index (χ3v) is 5.02. The van der Waals surface area contributed by atoms with E-state index < -0.39 is 23.6 Å². The van der Waals surface area contributed by atoms with Gasteiger partial charge in [-0.05, 0) is 36.8 Å². The number of benzene rings is 2. The number of ether oxygens (including phenoxy) is 2. The van der Waals surface area contributed by atoms with Gasteiger partial charge in [0.2, 0.25) is 0 Å². The molecule has 6 nitrogen and oxygen atoms in total. The number of para-hydroxylation sites is 1. The fourth-order valence-electron chi connectivity index (χ4n) is 2.66. The van der Waals surface area contributed by atoms with Crippen LogP contribution in [0.3, 0.4) is 0 Å². The molecule has 0 fully saturated rings. The molecule has 0 aliphatic carbocycles. The van der Waals surface area contributed by atoms with Gasteiger partial charge in [0.15, 0.2) is 5.92 Å². The molecule has 2 aromatic carbocycles. The van der Waals surface area contributed by atoms with Crippen LogP contribution in [0.5, 0.6) is 0 Å². The van der Waals surface area contributed by atoms with E-state index in [2.05, 4.69) is 5.32 Å². The van der Waals surface area contributed by atoms with Crippen LogP contribution >= 0.6 is 11.8 Å². The van der Waals surface area contributed by atoms with Crippen molar-refractivity contribution in [1.29, 1.82) is 0 Å². The zero-order valence-corrected chi connectivity index (χ0v) is 15.1. The molecular weight excluding hydrogens is 354 g/mol. The fourth-order valence-corrected chi connectivity index (χ4v) is 3.70. The Kier molecular flexibility index (Phi) is 5.27. The summed E-state index contributed by atoms with van der Waals surface area (Å²) in [5.41, 5.74) is 2.25. The van der Waals surface area contributed by atoms with Crippen LogP contribution < -0.4 is 5.32 Å². The van der Waals surface area contributed by atoms with Gasteiger partial charge in [-0.1, -0.05) is 30.0 Å². The molecule has 0 amide bonds. The van der Waals surface area contributed by atoms with Crippen LogP contribution in [0.1, 0.15) is 18.4 Å². The number of ketones is 1. The summed E-state index contributed by atoms with van der Waals surface area (Å²) in [4.78, 5) is 38.3. The molecule has 0 bridgehead atoms. The summed E-state index contributed by atoms with van der Waals surface area (Å²) in [6.07, 6.45) is 0. The largest absolute Gasteiger partial charge is 0.468 e. The highest BCUT2D eigenvalue weighted by Crippen LogP contribution is 2.44. The van der Waals surface area contributed by atoms with Crippen molar-refractivity contribution in [2.45, 2.75) is 22.6 Å². The van der Waals surface area contributed by atoms with Crippen LogP contribution in [-0.2, 0) is 23.9 Å². The van der Waals surface area contributed by atoms with Crippen LogP contribution in [-0.4, -0.2) is 31.4 Å². The van der Waals surface area contributed by atoms with Crippen LogP contribution in [0.25, 0.3) is 0 Å². The number of esters is 2. The van der Waals surface area contributed by atoms with Gasteiger partial charge < -0.3 is 14.8 Å². The standard InChI is InChI=1S/C19H17NO5S/c1-3-25-19(23)17(21)16(18(22)24-2)11-8-9-13-15(10-11)26-14-7-5-4-6-12(14)20-13/h4-10,16,20H,3H2,1-2H3. The molecule has 0 saturated carbocycles. The highest BCUT2D eigenvalue weighted by Gasteiger charge is 2.35. The van der Waals surface area contributed by atoms with E-state index in [1.165, 1.54) is 18.9 Å². The molecule has 2 aromatic rings. The van der Waals surface area contributed by atoms with Gasteiger partial charge in [-0.15, -0.1) is 0 Å².